The Hall–Kier alpha value is 0.270. The molecule has 0 N–H and O–H groups in total. The summed E-state index contributed by atoms with van der Waals surface area (Å²) in [5.74, 6) is 0. The molecule has 2 nitrogen and oxygen atoms in total. The van der Waals surface area contributed by atoms with Gasteiger partial charge in [-0.3, -0.25) is 0 Å². The van der Waals surface area contributed by atoms with E-state index in [4.69, 9.17) is 22.1 Å². The minimum absolute atomic E-state index is 0.443. The van der Waals surface area contributed by atoms with Crippen LogP contribution in [0.1, 0.15) is 33.1 Å². The molecule has 0 aliphatic heterocycles. The first-order valence-electron chi connectivity index (χ1n) is 4.20. The van der Waals surface area contributed by atoms with Crippen molar-refractivity contribution in [1.82, 2.24) is 0 Å². The summed E-state index contributed by atoms with van der Waals surface area (Å²) in [5.41, 5.74) is -0.443. The maximum absolute atomic E-state index is 5.18. The quantitative estimate of drug-likeness (QED) is 0.440. The van der Waals surface area contributed by atoms with Crippen LogP contribution in [0.15, 0.2) is 0 Å². The van der Waals surface area contributed by atoms with E-state index >= 15 is 0 Å². The van der Waals surface area contributed by atoms with Crippen molar-refractivity contribution in [2.75, 3.05) is 13.2 Å². The van der Waals surface area contributed by atoms with E-state index in [0.29, 0.717) is 13.2 Å². The zero-order valence-electron chi connectivity index (χ0n) is 7.34. The van der Waals surface area contributed by atoms with Crippen LogP contribution in [0.5, 0.6) is 0 Å². The third-order valence-electron chi connectivity index (χ3n) is 1.21. The molecule has 0 rings (SSSR count). The summed E-state index contributed by atoms with van der Waals surface area (Å²) in [7, 11) is 0. The number of ether oxygens (including phenoxy) is 2. The molecule has 0 saturated carbocycles. The fourth-order valence-electron chi connectivity index (χ4n) is 0.586. The predicted octanol–water partition coefficient (Wildman–Crippen LogP) is 2.71. The molecule has 0 fully saturated rings. The second kappa shape index (κ2) is 8.37. The topological polar surface area (TPSA) is 18.5 Å². The third kappa shape index (κ3) is 8.17. The van der Waals surface area contributed by atoms with Gasteiger partial charge in [-0.05, 0) is 25.5 Å². The molecule has 0 spiro atoms. The fraction of sp³-hybridized carbons (Fsp3) is 1.00. The normalized spacial score (nSPS) is 13.4. The average Bonchev–Trinajstić information content (AvgIpc) is 2.01. The van der Waals surface area contributed by atoms with Gasteiger partial charge in [-0.25, -0.2) is 0 Å². The average molecular weight is 177 g/mol. The first kappa shape index (κ1) is 11.3. The highest BCUT2D eigenvalue weighted by Gasteiger charge is 2.00. The Morgan fingerprint density at radius 1 is 1.09 bits per heavy atom. The van der Waals surface area contributed by atoms with Gasteiger partial charge in [0.1, 0.15) is 0 Å². The summed E-state index contributed by atoms with van der Waals surface area (Å²) in [6.07, 6.45) is 3.18. The summed E-state index contributed by atoms with van der Waals surface area (Å²) in [6, 6.07) is 0. The first-order chi connectivity index (χ1) is 5.31. The SMILES string of the molecule is CCCCOC([S])OCCC. The third-order valence-corrected chi connectivity index (χ3v) is 1.48. The van der Waals surface area contributed by atoms with Crippen molar-refractivity contribution in [3.63, 3.8) is 0 Å². The molecule has 0 saturated heterocycles. The van der Waals surface area contributed by atoms with E-state index in [2.05, 4.69) is 6.92 Å². The van der Waals surface area contributed by atoms with Crippen molar-refractivity contribution in [3.8, 4) is 0 Å². The van der Waals surface area contributed by atoms with Crippen LogP contribution >= 0.6 is 12.6 Å². The van der Waals surface area contributed by atoms with Gasteiger partial charge in [-0.2, -0.15) is 0 Å². The first-order valence-corrected chi connectivity index (χ1v) is 4.67. The Bertz CT molecular complexity index is 78.5. The van der Waals surface area contributed by atoms with Gasteiger partial charge in [0, 0.05) is 0 Å². The van der Waals surface area contributed by atoms with Crippen molar-refractivity contribution in [3.05, 3.63) is 0 Å². The van der Waals surface area contributed by atoms with Crippen molar-refractivity contribution in [2.45, 2.75) is 38.7 Å². The largest absolute Gasteiger partial charge is 0.343 e. The second-order valence-electron chi connectivity index (χ2n) is 2.38. The predicted molar refractivity (Wildman–Crippen MR) is 48.5 cm³/mol. The zero-order valence-corrected chi connectivity index (χ0v) is 8.15. The lowest BCUT2D eigenvalue weighted by Crippen LogP contribution is -2.11. The standard InChI is InChI=1S/C8H17O2S/c1-3-5-7-10-8(11)9-6-4-2/h8H,3-7H2,1-2H3. The maximum Gasteiger partial charge on any atom is 0.217 e. The van der Waals surface area contributed by atoms with E-state index in [1.54, 1.807) is 0 Å². The highest BCUT2D eigenvalue weighted by atomic mass is 32.1. The Labute approximate surface area is 74.7 Å². The zero-order chi connectivity index (χ0) is 8.53. The van der Waals surface area contributed by atoms with Gasteiger partial charge < -0.3 is 9.47 Å². The molecule has 0 heterocycles. The van der Waals surface area contributed by atoms with Gasteiger partial charge in [0.25, 0.3) is 0 Å². The molecule has 0 aliphatic carbocycles. The lowest BCUT2D eigenvalue weighted by atomic mass is 10.4. The van der Waals surface area contributed by atoms with Crippen LogP contribution in [0.25, 0.3) is 0 Å². The van der Waals surface area contributed by atoms with Gasteiger partial charge in [-0.1, -0.05) is 20.3 Å². The summed E-state index contributed by atoms with van der Waals surface area (Å²) in [6.45, 7) is 5.58. The number of hydrogen-bond acceptors (Lipinski definition) is 2. The minimum Gasteiger partial charge on any atom is -0.343 e. The van der Waals surface area contributed by atoms with Crippen molar-refractivity contribution >= 4 is 12.6 Å². The van der Waals surface area contributed by atoms with E-state index in [0.717, 1.165) is 19.3 Å². The Kier molecular flexibility index (Phi) is 8.57. The molecule has 1 unspecified atom stereocenters. The number of rotatable bonds is 7. The van der Waals surface area contributed by atoms with Crippen LogP contribution in [0, 0.1) is 0 Å². The molecule has 3 heteroatoms. The highest BCUT2D eigenvalue weighted by Crippen LogP contribution is 2.01. The Morgan fingerprint density at radius 2 is 1.73 bits per heavy atom. The van der Waals surface area contributed by atoms with E-state index in [1.165, 1.54) is 0 Å². The molecule has 0 amide bonds. The molecule has 0 aromatic carbocycles. The molecule has 1 radical (unpaired) electrons. The summed E-state index contributed by atoms with van der Waals surface area (Å²) < 4.78 is 10.3. The van der Waals surface area contributed by atoms with Crippen LogP contribution in [-0.4, -0.2) is 18.8 Å². The van der Waals surface area contributed by atoms with Crippen LogP contribution in [-0.2, 0) is 9.47 Å². The van der Waals surface area contributed by atoms with Crippen molar-refractivity contribution in [1.29, 1.82) is 0 Å². The highest BCUT2D eigenvalue weighted by molar-refractivity contribution is 7.80. The fourth-order valence-corrected chi connectivity index (χ4v) is 0.779. The smallest absolute Gasteiger partial charge is 0.217 e. The van der Waals surface area contributed by atoms with Crippen LogP contribution in [0.2, 0.25) is 0 Å². The lowest BCUT2D eigenvalue weighted by molar-refractivity contribution is -0.0811. The maximum atomic E-state index is 5.18. The number of unbranched alkanes of at least 4 members (excludes halogenated alkanes) is 1. The van der Waals surface area contributed by atoms with E-state index in [-0.39, 0.29) is 0 Å². The van der Waals surface area contributed by atoms with Gasteiger partial charge in [0.2, 0.25) is 5.62 Å². The van der Waals surface area contributed by atoms with Gasteiger partial charge in [-0.15, -0.1) is 0 Å². The molecule has 67 valence electrons. The molecule has 0 aliphatic rings. The Morgan fingerprint density at radius 3 is 2.27 bits per heavy atom. The Balaban J connectivity index is 3.02. The molecule has 0 aromatic rings. The van der Waals surface area contributed by atoms with Crippen LogP contribution < -0.4 is 0 Å². The van der Waals surface area contributed by atoms with E-state index in [9.17, 15) is 0 Å². The second-order valence-corrected chi connectivity index (χ2v) is 2.77. The molecule has 11 heavy (non-hydrogen) atoms. The van der Waals surface area contributed by atoms with Gasteiger partial charge in [0.05, 0.1) is 13.2 Å². The molecular formula is C8H17O2S. The monoisotopic (exact) mass is 177 g/mol. The van der Waals surface area contributed by atoms with Gasteiger partial charge in [0.15, 0.2) is 0 Å². The summed E-state index contributed by atoms with van der Waals surface area (Å²) >= 11 is 4.87. The lowest BCUT2D eigenvalue weighted by Gasteiger charge is -2.10. The number of hydrogen-bond donors (Lipinski definition) is 0. The van der Waals surface area contributed by atoms with Gasteiger partial charge >= 0.3 is 0 Å². The molecule has 0 bridgehead atoms. The molecular weight excluding hydrogens is 160 g/mol. The van der Waals surface area contributed by atoms with Crippen molar-refractivity contribution < 1.29 is 9.47 Å². The minimum atomic E-state index is -0.443. The van der Waals surface area contributed by atoms with Crippen LogP contribution in [0.4, 0.5) is 0 Å². The van der Waals surface area contributed by atoms with Crippen molar-refractivity contribution in [2.24, 2.45) is 0 Å². The summed E-state index contributed by atoms with van der Waals surface area (Å²) in [5, 5.41) is 0. The van der Waals surface area contributed by atoms with E-state index in [1.807, 2.05) is 6.92 Å². The molecule has 1 atom stereocenters. The van der Waals surface area contributed by atoms with E-state index < -0.39 is 5.62 Å². The summed E-state index contributed by atoms with van der Waals surface area (Å²) in [4.78, 5) is 0. The van der Waals surface area contributed by atoms with Crippen LogP contribution in [0.3, 0.4) is 0 Å². The molecule has 0 aromatic heterocycles.